The maximum Gasteiger partial charge on any atom is 0.220 e. The van der Waals surface area contributed by atoms with Gasteiger partial charge in [-0.2, -0.15) is 0 Å². The van der Waals surface area contributed by atoms with Gasteiger partial charge in [0.2, 0.25) is 5.91 Å². The van der Waals surface area contributed by atoms with Gasteiger partial charge in [0.15, 0.2) is 11.7 Å². The van der Waals surface area contributed by atoms with Crippen molar-refractivity contribution in [1.82, 2.24) is 10.3 Å². The number of amides is 1. The largest absolute Gasteiger partial charge is 0.497 e. The molecular formula is C23H34N2O3. The zero-order valence-corrected chi connectivity index (χ0v) is 18.0. The third kappa shape index (κ3) is 6.70. The topological polar surface area (TPSA) is 64.4 Å². The molecule has 0 fully saturated rings. The van der Waals surface area contributed by atoms with Gasteiger partial charge in [0, 0.05) is 24.4 Å². The van der Waals surface area contributed by atoms with E-state index in [0.29, 0.717) is 30.4 Å². The van der Waals surface area contributed by atoms with Crippen LogP contribution in [0.4, 0.5) is 0 Å². The van der Waals surface area contributed by atoms with Crippen LogP contribution in [0.5, 0.6) is 5.75 Å². The molecule has 1 N–H and O–H groups in total. The summed E-state index contributed by atoms with van der Waals surface area (Å²) in [5.41, 5.74) is 0.972. The molecule has 0 aliphatic heterocycles. The van der Waals surface area contributed by atoms with Crippen molar-refractivity contribution in [3.63, 3.8) is 0 Å². The normalized spacial score (nSPS) is 12.8. The van der Waals surface area contributed by atoms with Gasteiger partial charge in [-0.25, -0.2) is 4.98 Å². The molecule has 0 radical (unpaired) electrons. The highest BCUT2D eigenvalue weighted by Crippen LogP contribution is 2.25. The second kappa shape index (κ2) is 9.76. The van der Waals surface area contributed by atoms with Gasteiger partial charge in [0.25, 0.3) is 0 Å². The fourth-order valence-electron chi connectivity index (χ4n) is 3.02. The van der Waals surface area contributed by atoms with Crippen LogP contribution in [0.25, 0.3) is 11.3 Å². The smallest absolute Gasteiger partial charge is 0.220 e. The first-order valence-electron chi connectivity index (χ1n) is 10.1. The number of benzene rings is 1. The lowest BCUT2D eigenvalue weighted by Gasteiger charge is -2.32. The van der Waals surface area contributed by atoms with Gasteiger partial charge in [-0.05, 0) is 48.4 Å². The summed E-state index contributed by atoms with van der Waals surface area (Å²) in [6.07, 6.45) is 4.66. The van der Waals surface area contributed by atoms with E-state index >= 15 is 0 Å². The predicted octanol–water partition coefficient (Wildman–Crippen LogP) is 5.25. The summed E-state index contributed by atoms with van der Waals surface area (Å²) >= 11 is 0. The minimum atomic E-state index is 0.0367. The Hall–Kier alpha value is -2.30. The number of nitrogens with one attached hydrogen (secondary N) is 1. The van der Waals surface area contributed by atoms with Gasteiger partial charge in [-0.3, -0.25) is 4.79 Å². The number of nitrogens with zero attached hydrogens (tertiary/aromatic N) is 1. The molecule has 28 heavy (non-hydrogen) atoms. The van der Waals surface area contributed by atoms with Gasteiger partial charge >= 0.3 is 0 Å². The maximum atomic E-state index is 12.5. The number of hydrogen-bond donors (Lipinski definition) is 1. The molecule has 0 bridgehead atoms. The fraction of sp³-hybridized carbons (Fsp3) is 0.565. The van der Waals surface area contributed by atoms with Gasteiger partial charge in [-0.15, -0.1) is 0 Å². The molecule has 0 spiro atoms. The number of hydrogen-bond acceptors (Lipinski definition) is 4. The summed E-state index contributed by atoms with van der Waals surface area (Å²) in [5, 5.41) is 3.21. The van der Waals surface area contributed by atoms with Crippen LogP contribution in [0.1, 0.15) is 59.8 Å². The number of aryl methyl sites for hydroxylation is 1. The van der Waals surface area contributed by atoms with Crippen molar-refractivity contribution in [2.24, 2.45) is 11.3 Å². The Labute approximate surface area is 168 Å². The van der Waals surface area contributed by atoms with Gasteiger partial charge in [-0.1, -0.05) is 34.6 Å². The van der Waals surface area contributed by atoms with E-state index in [1.807, 2.05) is 24.3 Å². The van der Waals surface area contributed by atoms with Crippen molar-refractivity contribution < 1.29 is 13.9 Å². The Bertz CT molecular complexity index is 742. The predicted molar refractivity (Wildman–Crippen MR) is 112 cm³/mol. The number of carbonyl (C=O) groups is 1. The highest BCUT2D eigenvalue weighted by Gasteiger charge is 2.26. The standard InChI is InChI=1S/C23H34N2O3/c1-16(2)7-12-20(23(3,4)5)25-21(26)13-14-22-24-15-19(28-22)17-8-10-18(27-6)11-9-17/h8-11,15-16,20H,7,12-14H2,1-6H3,(H,25,26). The molecule has 0 saturated heterocycles. The molecule has 1 unspecified atom stereocenters. The molecule has 5 nitrogen and oxygen atoms in total. The Kier molecular flexibility index (Phi) is 7.67. The van der Waals surface area contributed by atoms with E-state index in [0.717, 1.165) is 24.2 Å². The lowest BCUT2D eigenvalue weighted by molar-refractivity contribution is -0.122. The molecule has 1 aromatic heterocycles. The molecule has 1 heterocycles. The molecular weight excluding hydrogens is 352 g/mol. The minimum absolute atomic E-state index is 0.0367. The molecule has 1 atom stereocenters. The summed E-state index contributed by atoms with van der Waals surface area (Å²) in [6.45, 7) is 10.9. The quantitative estimate of drug-likeness (QED) is 0.639. The average molecular weight is 387 g/mol. The molecule has 5 heteroatoms. The van der Waals surface area contributed by atoms with E-state index in [4.69, 9.17) is 9.15 Å². The summed E-state index contributed by atoms with van der Waals surface area (Å²) in [7, 11) is 1.64. The molecule has 2 rings (SSSR count). The van der Waals surface area contributed by atoms with E-state index in [1.54, 1.807) is 13.3 Å². The highest BCUT2D eigenvalue weighted by molar-refractivity contribution is 5.76. The number of methoxy groups -OCH3 is 1. The number of carbonyl (C=O) groups excluding carboxylic acids is 1. The van der Waals surface area contributed by atoms with Crippen molar-refractivity contribution in [3.8, 4) is 17.1 Å². The van der Waals surface area contributed by atoms with Crippen LogP contribution in [0.15, 0.2) is 34.9 Å². The van der Waals surface area contributed by atoms with Crippen LogP contribution in [0.3, 0.4) is 0 Å². The monoisotopic (exact) mass is 386 g/mol. The van der Waals surface area contributed by atoms with Crippen molar-refractivity contribution in [2.75, 3.05) is 7.11 Å². The minimum Gasteiger partial charge on any atom is -0.497 e. The first-order valence-corrected chi connectivity index (χ1v) is 10.1. The summed E-state index contributed by atoms with van der Waals surface area (Å²) in [4.78, 5) is 16.8. The fourth-order valence-corrected chi connectivity index (χ4v) is 3.02. The van der Waals surface area contributed by atoms with Crippen LogP contribution < -0.4 is 10.1 Å². The van der Waals surface area contributed by atoms with E-state index in [-0.39, 0.29) is 17.4 Å². The zero-order chi connectivity index (χ0) is 20.7. The lowest BCUT2D eigenvalue weighted by atomic mass is 9.82. The Balaban J connectivity index is 1.90. The van der Waals surface area contributed by atoms with Crippen molar-refractivity contribution >= 4 is 5.91 Å². The van der Waals surface area contributed by atoms with Crippen molar-refractivity contribution in [1.29, 1.82) is 0 Å². The number of oxazole rings is 1. The molecule has 2 aromatic rings. The molecule has 0 aliphatic carbocycles. The number of aromatic nitrogens is 1. The van der Waals surface area contributed by atoms with Crippen LogP contribution in [-0.4, -0.2) is 24.0 Å². The van der Waals surface area contributed by atoms with Gasteiger partial charge in [0.1, 0.15) is 5.75 Å². The number of rotatable bonds is 9. The molecule has 0 saturated carbocycles. The van der Waals surface area contributed by atoms with Crippen LogP contribution >= 0.6 is 0 Å². The zero-order valence-electron chi connectivity index (χ0n) is 18.0. The number of ether oxygens (including phenoxy) is 1. The van der Waals surface area contributed by atoms with E-state index < -0.39 is 0 Å². The Morgan fingerprint density at radius 1 is 1.18 bits per heavy atom. The lowest BCUT2D eigenvalue weighted by Crippen LogP contribution is -2.44. The summed E-state index contributed by atoms with van der Waals surface area (Å²) < 4.78 is 11.0. The molecule has 0 aliphatic rings. The summed E-state index contributed by atoms with van der Waals surface area (Å²) in [5.74, 6) is 2.75. The SMILES string of the molecule is COc1ccc(-c2cnc(CCC(=O)NC(CCC(C)C)C(C)(C)C)o2)cc1. The highest BCUT2D eigenvalue weighted by atomic mass is 16.5. The molecule has 1 amide bonds. The second-order valence-corrected chi connectivity index (χ2v) is 8.80. The van der Waals surface area contributed by atoms with Gasteiger partial charge in [0.05, 0.1) is 13.3 Å². The Morgan fingerprint density at radius 2 is 1.86 bits per heavy atom. The third-order valence-corrected chi connectivity index (χ3v) is 4.91. The Morgan fingerprint density at radius 3 is 2.43 bits per heavy atom. The second-order valence-electron chi connectivity index (χ2n) is 8.80. The van der Waals surface area contributed by atoms with E-state index in [2.05, 4.69) is 44.9 Å². The first kappa shape index (κ1) is 22.0. The van der Waals surface area contributed by atoms with Crippen LogP contribution in [0.2, 0.25) is 0 Å². The van der Waals surface area contributed by atoms with Crippen molar-refractivity contribution in [2.45, 2.75) is 66.3 Å². The van der Waals surface area contributed by atoms with Crippen LogP contribution in [-0.2, 0) is 11.2 Å². The first-order chi connectivity index (χ1) is 13.2. The van der Waals surface area contributed by atoms with Crippen molar-refractivity contribution in [3.05, 3.63) is 36.4 Å². The molecule has 154 valence electrons. The average Bonchev–Trinajstić information content (AvgIpc) is 3.11. The van der Waals surface area contributed by atoms with E-state index in [9.17, 15) is 4.79 Å². The molecule has 1 aromatic carbocycles. The summed E-state index contributed by atoms with van der Waals surface area (Å²) in [6, 6.07) is 7.79. The maximum absolute atomic E-state index is 12.5. The third-order valence-electron chi connectivity index (χ3n) is 4.91. The van der Waals surface area contributed by atoms with Crippen LogP contribution in [0, 0.1) is 11.3 Å². The van der Waals surface area contributed by atoms with E-state index in [1.165, 1.54) is 0 Å². The van der Waals surface area contributed by atoms with Gasteiger partial charge < -0.3 is 14.5 Å².